The molecule has 3 heteroatoms. The molecule has 1 N–H and O–H groups in total. The van der Waals surface area contributed by atoms with Gasteiger partial charge in [-0.15, -0.1) is 0 Å². The Balaban J connectivity index is 2.50. The molecule has 0 saturated carbocycles. The number of carboxylic acid groups (broad SMARTS) is 1. The lowest BCUT2D eigenvalue weighted by Crippen LogP contribution is -2.24. The minimum absolute atomic E-state index is 0.195. The molecule has 2 atom stereocenters. The van der Waals surface area contributed by atoms with Crippen molar-refractivity contribution in [3.05, 3.63) is 12.2 Å². The molecular weight excluding hydrogens is 166 g/mol. The van der Waals surface area contributed by atoms with E-state index in [0.717, 1.165) is 18.7 Å². The molecule has 13 heavy (non-hydrogen) atoms. The summed E-state index contributed by atoms with van der Waals surface area (Å²) in [6.07, 6.45) is 0. The lowest BCUT2D eigenvalue weighted by atomic mass is 9.99. The van der Waals surface area contributed by atoms with E-state index in [1.54, 1.807) is 0 Å². The first-order chi connectivity index (χ1) is 6.00. The van der Waals surface area contributed by atoms with E-state index in [1.807, 2.05) is 13.8 Å². The van der Waals surface area contributed by atoms with Gasteiger partial charge in [0.25, 0.3) is 0 Å². The number of aliphatic carboxylic acids is 1. The van der Waals surface area contributed by atoms with E-state index in [-0.39, 0.29) is 11.8 Å². The van der Waals surface area contributed by atoms with Gasteiger partial charge in [-0.05, 0) is 12.8 Å². The minimum Gasteiger partial charge on any atom is -0.481 e. The fourth-order valence-electron chi connectivity index (χ4n) is 1.90. The van der Waals surface area contributed by atoms with Crippen LogP contribution in [-0.4, -0.2) is 35.6 Å². The third-order valence-corrected chi connectivity index (χ3v) is 2.50. The number of hydrogen-bond acceptors (Lipinski definition) is 2. The molecule has 0 aromatic rings. The minimum atomic E-state index is -0.670. The van der Waals surface area contributed by atoms with E-state index in [0.29, 0.717) is 6.54 Å². The Morgan fingerprint density at radius 2 is 2.23 bits per heavy atom. The first-order valence-electron chi connectivity index (χ1n) is 4.60. The van der Waals surface area contributed by atoms with Gasteiger partial charge in [-0.25, -0.2) is 0 Å². The van der Waals surface area contributed by atoms with Crippen LogP contribution in [0.5, 0.6) is 0 Å². The highest BCUT2D eigenvalue weighted by molar-refractivity contribution is 5.71. The molecule has 1 saturated heterocycles. The lowest BCUT2D eigenvalue weighted by molar-refractivity contribution is -0.142. The lowest BCUT2D eigenvalue weighted by Gasteiger charge is -2.14. The Morgan fingerprint density at radius 3 is 2.62 bits per heavy atom. The number of carbonyl (C=O) groups is 1. The Morgan fingerprint density at radius 1 is 1.62 bits per heavy atom. The van der Waals surface area contributed by atoms with Gasteiger partial charge < -0.3 is 5.11 Å². The summed E-state index contributed by atoms with van der Waals surface area (Å²) in [6, 6.07) is 0. The van der Waals surface area contributed by atoms with Crippen molar-refractivity contribution < 1.29 is 9.90 Å². The smallest absolute Gasteiger partial charge is 0.308 e. The SMILES string of the molecule is C=C(C)CN1CC(C)C(C(=O)O)C1. The van der Waals surface area contributed by atoms with E-state index in [9.17, 15) is 4.79 Å². The third kappa shape index (κ3) is 2.56. The van der Waals surface area contributed by atoms with Crippen LogP contribution in [0, 0.1) is 11.8 Å². The molecule has 1 heterocycles. The zero-order valence-electron chi connectivity index (χ0n) is 8.29. The van der Waals surface area contributed by atoms with Crippen LogP contribution in [0.3, 0.4) is 0 Å². The second kappa shape index (κ2) is 3.92. The molecule has 1 fully saturated rings. The topological polar surface area (TPSA) is 40.5 Å². The average Bonchev–Trinajstić information content (AvgIpc) is 2.29. The van der Waals surface area contributed by atoms with Gasteiger partial charge in [0.2, 0.25) is 0 Å². The van der Waals surface area contributed by atoms with Crippen molar-refractivity contribution in [1.29, 1.82) is 0 Å². The molecule has 1 aliphatic heterocycles. The van der Waals surface area contributed by atoms with Crippen LogP contribution in [0.25, 0.3) is 0 Å². The van der Waals surface area contributed by atoms with Gasteiger partial charge in [0.1, 0.15) is 0 Å². The van der Waals surface area contributed by atoms with Crippen LogP contribution in [-0.2, 0) is 4.79 Å². The van der Waals surface area contributed by atoms with E-state index >= 15 is 0 Å². The summed E-state index contributed by atoms with van der Waals surface area (Å²) in [4.78, 5) is 13.0. The number of likely N-dealkylation sites (tertiary alicyclic amines) is 1. The summed E-state index contributed by atoms with van der Waals surface area (Å²) in [7, 11) is 0. The van der Waals surface area contributed by atoms with Gasteiger partial charge in [-0.2, -0.15) is 0 Å². The van der Waals surface area contributed by atoms with Crippen molar-refractivity contribution in [2.75, 3.05) is 19.6 Å². The van der Waals surface area contributed by atoms with Crippen molar-refractivity contribution in [1.82, 2.24) is 4.90 Å². The molecule has 2 unspecified atom stereocenters. The predicted molar refractivity (Wildman–Crippen MR) is 51.5 cm³/mol. The Hall–Kier alpha value is -0.830. The molecule has 0 aliphatic carbocycles. The summed E-state index contributed by atoms with van der Waals surface area (Å²) in [5.74, 6) is -0.604. The molecule has 0 bridgehead atoms. The predicted octanol–water partition coefficient (Wildman–Crippen LogP) is 1.22. The van der Waals surface area contributed by atoms with Gasteiger partial charge >= 0.3 is 5.97 Å². The Kier molecular flexibility index (Phi) is 3.09. The molecular formula is C10H17NO2. The third-order valence-electron chi connectivity index (χ3n) is 2.50. The van der Waals surface area contributed by atoms with E-state index < -0.39 is 5.97 Å². The maximum absolute atomic E-state index is 10.8. The van der Waals surface area contributed by atoms with Crippen molar-refractivity contribution in [2.24, 2.45) is 11.8 Å². The van der Waals surface area contributed by atoms with Crippen molar-refractivity contribution in [3.63, 3.8) is 0 Å². The number of hydrogen-bond donors (Lipinski definition) is 1. The molecule has 0 amide bonds. The standard InChI is InChI=1S/C10H17NO2/c1-7(2)4-11-5-8(3)9(6-11)10(12)13/h8-9H,1,4-6H2,2-3H3,(H,12,13). The first-order valence-corrected chi connectivity index (χ1v) is 4.60. The largest absolute Gasteiger partial charge is 0.481 e. The second-order valence-corrected chi connectivity index (χ2v) is 4.07. The maximum Gasteiger partial charge on any atom is 0.308 e. The number of rotatable bonds is 3. The van der Waals surface area contributed by atoms with E-state index in [1.165, 1.54) is 0 Å². The monoisotopic (exact) mass is 183 g/mol. The van der Waals surface area contributed by atoms with Crippen LogP contribution >= 0.6 is 0 Å². The summed E-state index contributed by atoms with van der Waals surface area (Å²) < 4.78 is 0. The summed E-state index contributed by atoms with van der Waals surface area (Å²) in [5.41, 5.74) is 1.10. The van der Waals surface area contributed by atoms with Gasteiger partial charge in [0.15, 0.2) is 0 Å². The Labute approximate surface area is 79.0 Å². The van der Waals surface area contributed by atoms with Crippen molar-refractivity contribution in [2.45, 2.75) is 13.8 Å². The normalized spacial score (nSPS) is 29.1. The maximum atomic E-state index is 10.8. The van der Waals surface area contributed by atoms with Crippen LogP contribution in [0.2, 0.25) is 0 Å². The Bertz CT molecular complexity index is 225. The highest BCUT2D eigenvalue weighted by atomic mass is 16.4. The molecule has 0 aromatic heterocycles. The molecule has 74 valence electrons. The van der Waals surface area contributed by atoms with E-state index in [4.69, 9.17) is 5.11 Å². The number of carboxylic acids is 1. The van der Waals surface area contributed by atoms with Crippen LogP contribution in [0.15, 0.2) is 12.2 Å². The fourth-order valence-corrected chi connectivity index (χ4v) is 1.90. The molecule has 0 aromatic carbocycles. The van der Waals surface area contributed by atoms with Crippen LogP contribution < -0.4 is 0 Å². The van der Waals surface area contributed by atoms with Crippen molar-refractivity contribution >= 4 is 5.97 Å². The zero-order valence-corrected chi connectivity index (χ0v) is 8.29. The average molecular weight is 183 g/mol. The van der Waals surface area contributed by atoms with E-state index in [2.05, 4.69) is 11.5 Å². The first kappa shape index (κ1) is 10.3. The molecule has 1 aliphatic rings. The zero-order chi connectivity index (χ0) is 10.0. The highest BCUT2D eigenvalue weighted by Gasteiger charge is 2.34. The van der Waals surface area contributed by atoms with Gasteiger partial charge in [-0.3, -0.25) is 9.69 Å². The molecule has 3 nitrogen and oxygen atoms in total. The van der Waals surface area contributed by atoms with Gasteiger partial charge in [-0.1, -0.05) is 19.1 Å². The van der Waals surface area contributed by atoms with Crippen LogP contribution in [0.1, 0.15) is 13.8 Å². The number of nitrogens with zero attached hydrogens (tertiary/aromatic N) is 1. The summed E-state index contributed by atoms with van der Waals surface area (Å²) in [6.45, 7) is 10.2. The molecule has 1 rings (SSSR count). The highest BCUT2D eigenvalue weighted by Crippen LogP contribution is 2.23. The summed E-state index contributed by atoms with van der Waals surface area (Å²) in [5, 5.41) is 8.89. The molecule has 0 radical (unpaired) electrons. The van der Waals surface area contributed by atoms with Crippen molar-refractivity contribution in [3.8, 4) is 0 Å². The quantitative estimate of drug-likeness (QED) is 0.669. The fraction of sp³-hybridized carbons (Fsp3) is 0.700. The van der Waals surface area contributed by atoms with Crippen LogP contribution in [0.4, 0.5) is 0 Å². The van der Waals surface area contributed by atoms with Gasteiger partial charge in [0, 0.05) is 19.6 Å². The summed E-state index contributed by atoms with van der Waals surface area (Å²) >= 11 is 0. The van der Waals surface area contributed by atoms with Gasteiger partial charge in [0.05, 0.1) is 5.92 Å². The second-order valence-electron chi connectivity index (χ2n) is 4.07. The molecule has 0 spiro atoms.